The SMILES string of the molecule is COc1ccc(CN(CC2(O)CCC3c4ccc(cc4C(=O)c4cc5ccccc5s4)CC(O)CCC(C)=CCCC32C)C(=O)NC(C)c2ccccc2)c(OC)c1. The van der Waals surface area contributed by atoms with Crippen molar-refractivity contribution in [2.24, 2.45) is 5.41 Å². The van der Waals surface area contributed by atoms with Gasteiger partial charge in [-0.3, -0.25) is 4.79 Å². The number of urea groups is 1. The number of hydrogen-bond donors (Lipinski definition) is 3. The summed E-state index contributed by atoms with van der Waals surface area (Å²) in [5.74, 6) is 0.994. The summed E-state index contributed by atoms with van der Waals surface area (Å²) in [5.41, 5.74) is 3.34. The lowest BCUT2D eigenvalue weighted by molar-refractivity contribution is -0.0781. The maximum absolute atomic E-state index is 14.7. The molecule has 3 N–H and O–H groups in total. The zero-order valence-corrected chi connectivity index (χ0v) is 35.1. The van der Waals surface area contributed by atoms with Gasteiger partial charge in [0.05, 0.1) is 49.9 Å². The molecule has 2 bridgehead atoms. The summed E-state index contributed by atoms with van der Waals surface area (Å²) >= 11 is 1.49. The molecule has 0 radical (unpaired) electrons. The topological polar surface area (TPSA) is 108 Å². The van der Waals surface area contributed by atoms with Crippen LogP contribution in [0.4, 0.5) is 4.79 Å². The summed E-state index contributed by atoms with van der Waals surface area (Å²) < 4.78 is 12.3. The Morgan fingerprint density at radius 2 is 1.72 bits per heavy atom. The van der Waals surface area contributed by atoms with Crippen molar-refractivity contribution in [2.75, 3.05) is 20.8 Å². The monoisotopic (exact) mass is 800 g/mol. The van der Waals surface area contributed by atoms with Crippen LogP contribution in [-0.4, -0.2) is 59.4 Å². The molecule has 0 aliphatic heterocycles. The van der Waals surface area contributed by atoms with Gasteiger partial charge in [-0.1, -0.05) is 79.2 Å². The van der Waals surface area contributed by atoms with Gasteiger partial charge in [0.15, 0.2) is 0 Å². The number of methoxy groups -OCH3 is 2. The number of hydrogen-bond acceptors (Lipinski definition) is 7. The highest BCUT2D eigenvalue weighted by molar-refractivity contribution is 7.21. The van der Waals surface area contributed by atoms with Gasteiger partial charge in [0.1, 0.15) is 11.5 Å². The van der Waals surface area contributed by atoms with Crippen LogP contribution in [0.3, 0.4) is 0 Å². The molecule has 5 aromatic rings. The van der Waals surface area contributed by atoms with Gasteiger partial charge in [0.2, 0.25) is 5.78 Å². The van der Waals surface area contributed by atoms with E-state index in [2.05, 4.69) is 31.3 Å². The zero-order chi connectivity index (χ0) is 41.0. The van der Waals surface area contributed by atoms with Crippen molar-refractivity contribution < 1.29 is 29.3 Å². The number of ketones is 1. The number of ether oxygens (including phenoxy) is 2. The lowest BCUT2D eigenvalue weighted by Crippen LogP contribution is -2.55. The quantitative estimate of drug-likeness (QED) is 0.0959. The lowest BCUT2D eigenvalue weighted by Gasteiger charge is -2.46. The molecule has 2 amide bonds. The molecule has 5 atom stereocenters. The minimum absolute atomic E-state index is 0.0457. The van der Waals surface area contributed by atoms with Crippen LogP contribution in [0.5, 0.6) is 11.5 Å². The highest BCUT2D eigenvalue weighted by atomic mass is 32.1. The second-order valence-corrected chi connectivity index (χ2v) is 17.6. The van der Waals surface area contributed by atoms with E-state index in [9.17, 15) is 19.8 Å². The number of fused-ring (bicyclic) bond motifs is 9. The Morgan fingerprint density at radius 1 is 0.948 bits per heavy atom. The summed E-state index contributed by atoms with van der Waals surface area (Å²) in [5, 5.41) is 28.6. The number of rotatable bonds is 10. The fourth-order valence-corrected chi connectivity index (χ4v) is 10.2. The first-order valence-corrected chi connectivity index (χ1v) is 21.3. The average Bonchev–Trinajstić information content (AvgIpc) is 3.77. The van der Waals surface area contributed by atoms with Gasteiger partial charge in [0.25, 0.3) is 0 Å². The number of amides is 2. The van der Waals surface area contributed by atoms with Crippen molar-refractivity contribution in [2.45, 2.75) is 95.9 Å². The minimum atomic E-state index is -1.32. The molecule has 3 aliphatic carbocycles. The number of allylic oxidation sites excluding steroid dienone is 2. The summed E-state index contributed by atoms with van der Waals surface area (Å²) in [4.78, 5) is 31.6. The van der Waals surface area contributed by atoms with Crippen molar-refractivity contribution in [3.8, 4) is 11.5 Å². The number of nitrogens with one attached hydrogen (secondary N) is 1. The first-order chi connectivity index (χ1) is 27.9. The van der Waals surface area contributed by atoms with E-state index in [-0.39, 0.29) is 36.9 Å². The van der Waals surface area contributed by atoms with Crippen LogP contribution >= 0.6 is 11.3 Å². The van der Waals surface area contributed by atoms with Gasteiger partial charge in [-0.2, -0.15) is 0 Å². The largest absolute Gasteiger partial charge is 0.497 e. The molecule has 58 heavy (non-hydrogen) atoms. The van der Waals surface area contributed by atoms with Crippen LogP contribution < -0.4 is 14.8 Å². The zero-order valence-electron chi connectivity index (χ0n) is 34.3. The van der Waals surface area contributed by atoms with Crippen molar-refractivity contribution >= 4 is 33.2 Å². The molecular formula is C49H56N2O6S. The van der Waals surface area contributed by atoms with E-state index in [1.54, 1.807) is 19.1 Å². The van der Waals surface area contributed by atoms with Crippen LogP contribution in [0.1, 0.15) is 109 Å². The summed E-state index contributed by atoms with van der Waals surface area (Å²) in [6.45, 7) is 6.48. The standard InChI is InChI=1S/C49H56N2O6S/c1-32-12-11-24-48(3)42(40-22-18-34(26-38(52)20-17-32)27-41(40)46(53)45-28-36-15-9-10-16-44(36)58-45)23-25-49(48,55)31-51(30-37-19-21-39(56-4)29-43(37)57-5)47(54)50-33(2)35-13-7-6-8-14-35/h6-10,12-16,18-19,21-22,27-29,33,38,42,52,55H,11,17,20,23-26,30-31H2,1-5H3,(H,50,54). The van der Waals surface area contributed by atoms with Gasteiger partial charge in [0, 0.05) is 27.3 Å². The molecule has 9 heteroatoms. The first-order valence-electron chi connectivity index (χ1n) is 20.4. The number of carbonyl (C=O) groups excluding carboxylic acids is 2. The summed E-state index contributed by atoms with van der Waals surface area (Å²) in [7, 11) is 3.21. The Labute approximate surface area is 346 Å². The van der Waals surface area contributed by atoms with Gasteiger partial charge >= 0.3 is 6.03 Å². The highest BCUT2D eigenvalue weighted by Gasteiger charge is 2.57. The van der Waals surface area contributed by atoms with Crippen molar-refractivity contribution in [3.05, 3.63) is 141 Å². The maximum Gasteiger partial charge on any atom is 0.318 e. The van der Waals surface area contributed by atoms with Gasteiger partial charge < -0.3 is 29.9 Å². The molecule has 4 aromatic carbocycles. The molecule has 8 rings (SSSR count). The highest BCUT2D eigenvalue weighted by Crippen LogP contribution is 2.59. The Morgan fingerprint density at radius 3 is 2.48 bits per heavy atom. The number of aliphatic hydroxyl groups excluding tert-OH is 1. The Bertz CT molecular complexity index is 2250. The number of carbonyl (C=O) groups is 2. The molecule has 3 aliphatic rings. The summed E-state index contributed by atoms with van der Waals surface area (Å²) in [6.07, 6.45) is 5.94. The van der Waals surface area contributed by atoms with Crippen molar-refractivity contribution in [1.29, 1.82) is 0 Å². The molecular weight excluding hydrogens is 745 g/mol. The Balaban J connectivity index is 1.30. The van der Waals surface area contributed by atoms with Gasteiger partial charge in [-0.25, -0.2) is 4.79 Å². The van der Waals surface area contributed by atoms with E-state index in [4.69, 9.17) is 9.47 Å². The number of benzene rings is 4. The fraction of sp³-hybridized carbons (Fsp3) is 0.388. The Kier molecular flexibility index (Phi) is 12.4. The second kappa shape index (κ2) is 17.5. The molecule has 0 spiro atoms. The third-order valence-electron chi connectivity index (χ3n) is 12.8. The van der Waals surface area contributed by atoms with Gasteiger partial charge in [-0.05, 0) is 117 Å². The smallest absolute Gasteiger partial charge is 0.318 e. The second-order valence-electron chi connectivity index (χ2n) is 16.5. The molecule has 304 valence electrons. The van der Waals surface area contributed by atoms with Gasteiger partial charge in [-0.15, -0.1) is 11.3 Å². The van der Waals surface area contributed by atoms with Crippen molar-refractivity contribution in [1.82, 2.24) is 10.2 Å². The lowest BCUT2D eigenvalue weighted by atomic mass is 9.64. The van der Waals surface area contributed by atoms with Crippen molar-refractivity contribution in [3.63, 3.8) is 0 Å². The van der Waals surface area contributed by atoms with Crippen LogP contribution in [0.2, 0.25) is 0 Å². The number of thiophene rings is 1. The third-order valence-corrected chi connectivity index (χ3v) is 13.9. The molecule has 1 heterocycles. The Hall–Kier alpha value is -4.96. The van der Waals surface area contributed by atoms with Crippen LogP contribution in [0.25, 0.3) is 10.1 Å². The van der Waals surface area contributed by atoms with Crippen LogP contribution in [0, 0.1) is 5.41 Å². The molecule has 8 nitrogen and oxygen atoms in total. The third kappa shape index (κ3) is 8.58. The fourth-order valence-electron chi connectivity index (χ4n) is 9.23. The van der Waals surface area contributed by atoms with Crippen LogP contribution in [-0.2, 0) is 13.0 Å². The molecule has 1 fully saturated rings. The number of nitrogens with zero attached hydrogens (tertiary/aromatic N) is 1. The van der Waals surface area contributed by atoms with E-state index in [1.807, 2.05) is 97.9 Å². The maximum atomic E-state index is 14.7. The van der Waals surface area contributed by atoms with E-state index < -0.39 is 17.1 Å². The number of aliphatic hydroxyl groups is 2. The molecule has 0 saturated heterocycles. The predicted octanol–water partition coefficient (Wildman–Crippen LogP) is 10.2. The normalized spacial score (nSPS) is 22.7. The van der Waals surface area contributed by atoms with E-state index >= 15 is 0 Å². The molecule has 1 aromatic heterocycles. The van der Waals surface area contributed by atoms with Crippen LogP contribution in [0.15, 0.2) is 109 Å². The van der Waals surface area contributed by atoms with E-state index in [0.29, 0.717) is 60.5 Å². The average molecular weight is 801 g/mol. The predicted molar refractivity (Wildman–Crippen MR) is 232 cm³/mol. The molecule has 5 unspecified atom stereocenters. The minimum Gasteiger partial charge on any atom is -0.497 e. The first kappa shape index (κ1) is 41.2. The van der Waals surface area contributed by atoms with E-state index in [1.165, 1.54) is 16.9 Å². The summed E-state index contributed by atoms with van der Waals surface area (Å²) in [6, 6.07) is 31.0. The molecule has 1 saturated carbocycles. The van der Waals surface area contributed by atoms with E-state index in [0.717, 1.165) is 38.8 Å².